The molecule has 1 aliphatic heterocycles. The Morgan fingerprint density at radius 3 is 2.33 bits per heavy atom. The van der Waals surface area contributed by atoms with Gasteiger partial charge in [0, 0.05) is 6.54 Å². The Bertz CT molecular complexity index is 300. The van der Waals surface area contributed by atoms with Crippen LogP contribution in [-0.4, -0.2) is 47.2 Å². The van der Waals surface area contributed by atoms with Gasteiger partial charge in [0.15, 0.2) is 11.1 Å². The van der Waals surface area contributed by atoms with Crippen molar-refractivity contribution in [1.29, 1.82) is 0 Å². The van der Waals surface area contributed by atoms with Crippen molar-refractivity contribution in [1.82, 2.24) is 4.90 Å². The van der Waals surface area contributed by atoms with Gasteiger partial charge >= 0.3 is 0 Å². The van der Waals surface area contributed by atoms with Crippen LogP contribution in [0.15, 0.2) is 12.2 Å². The van der Waals surface area contributed by atoms with Crippen LogP contribution >= 0.6 is 23.2 Å². The van der Waals surface area contributed by atoms with Crippen LogP contribution in [0.4, 0.5) is 0 Å². The summed E-state index contributed by atoms with van der Waals surface area (Å²) in [4.78, 5) is 12.3. The molecule has 0 saturated carbocycles. The minimum Gasteiger partial charge on any atom is -0.345 e. The summed E-state index contributed by atoms with van der Waals surface area (Å²) in [7, 11) is 0. The monoisotopic (exact) mass is 295 g/mol. The fourth-order valence-electron chi connectivity index (χ4n) is 1.62. The van der Waals surface area contributed by atoms with Gasteiger partial charge in [0.05, 0.1) is 18.8 Å². The first kappa shape index (κ1) is 15.8. The lowest BCUT2D eigenvalue weighted by Crippen LogP contribution is -2.41. The first-order valence-corrected chi connectivity index (χ1v) is 6.82. The zero-order chi connectivity index (χ0) is 13.7. The highest BCUT2D eigenvalue weighted by Crippen LogP contribution is 2.20. The van der Waals surface area contributed by atoms with Crippen LogP contribution in [-0.2, 0) is 14.3 Å². The van der Waals surface area contributed by atoms with Gasteiger partial charge in [0.2, 0.25) is 0 Å². The summed E-state index contributed by atoms with van der Waals surface area (Å²) in [5.74, 6) is -0.337. The summed E-state index contributed by atoms with van der Waals surface area (Å²) in [5, 5.41) is 0. The third-order valence-corrected chi connectivity index (χ3v) is 3.20. The van der Waals surface area contributed by atoms with Crippen molar-refractivity contribution < 1.29 is 14.3 Å². The van der Waals surface area contributed by atoms with Gasteiger partial charge in [-0.05, 0) is 20.8 Å². The van der Waals surface area contributed by atoms with Gasteiger partial charge in [-0.2, -0.15) is 0 Å². The van der Waals surface area contributed by atoms with E-state index < -0.39 is 11.1 Å². The van der Waals surface area contributed by atoms with E-state index in [2.05, 4.69) is 0 Å². The average Bonchev–Trinajstić information content (AvgIpc) is 2.62. The number of hydrogen-bond donors (Lipinski definition) is 0. The molecule has 6 heteroatoms. The van der Waals surface area contributed by atoms with E-state index in [0.717, 1.165) is 0 Å². The smallest absolute Gasteiger partial charge is 0.256 e. The minimum atomic E-state index is -1.06. The van der Waals surface area contributed by atoms with E-state index in [0.29, 0.717) is 13.1 Å². The topological polar surface area (TPSA) is 38.8 Å². The van der Waals surface area contributed by atoms with Gasteiger partial charge in [-0.3, -0.25) is 4.79 Å². The largest absolute Gasteiger partial charge is 0.345 e. The molecule has 2 unspecified atom stereocenters. The summed E-state index contributed by atoms with van der Waals surface area (Å²) < 4.78 is 11.2. The molecule has 0 aromatic rings. The molecular weight excluding hydrogens is 277 g/mol. The molecule has 1 heterocycles. The summed E-state index contributed by atoms with van der Waals surface area (Å²) in [6.45, 7) is 6.53. The number of nitrogens with zero attached hydrogens (tertiary/aromatic N) is 1. The van der Waals surface area contributed by atoms with E-state index in [9.17, 15) is 4.79 Å². The van der Waals surface area contributed by atoms with Gasteiger partial charge in [0.1, 0.15) is 0 Å². The maximum absolute atomic E-state index is 11.8. The molecule has 1 saturated heterocycles. The highest BCUT2D eigenvalue weighted by Gasteiger charge is 2.32. The maximum Gasteiger partial charge on any atom is 0.256 e. The van der Waals surface area contributed by atoms with E-state index in [1.165, 1.54) is 4.90 Å². The first-order chi connectivity index (χ1) is 8.45. The van der Waals surface area contributed by atoms with Crippen molar-refractivity contribution in [3.63, 3.8) is 0 Å². The molecule has 0 aromatic heterocycles. The molecule has 0 aromatic carbocycles. The highest BCUT2D eigenvalue weighted by atomic mass is 35.5. The molecule has 4 nitrogen and oxygen atoms in total. The number of halogens is 2. The van der Waals surface area contributed by atoms with Crippen molar-refractivity contribution >= 4 is 29.1 Å². The molecule has 0 aliphatic carbocycles. The SMILES string of the molecule is CC=CCN(CC1OC(C)C(C)O1)C(=O)C(Cl)Cl. The molecule has 1 fully saturated rings. The normalized spacial score (nSPS) is 28.2. The molecular formula is C12H19Cl2NO3. The average molecular weight is 296 g/mol. The first-order valence-electron chi connectivity index (χ1n) is 5.94. The number of hydrogen-bond acceptors (Lipinski definition) is 3. The van der Waals surface area contributed by atoms with Crippen LogP contribution in [0.5, 0.6) is 0 Å². The quantitative estimate of drug-likeness (QED) is 0.577. The van der Waals surface area contributed by atoms with Gasteiger partial charge < -0.3 is 14.4 Å². The lowest BCUT2D eigenvalue weighted by Gasteiger charge is -2.24. The molecule has 1 rings (SSSR count). The number of rotatable bonds is 5. The van der Waals surface area contributed by atoms with Crippen molar-refractivity contribution in [3.8, 4) is 0 Å². The summed E-state index contributed by atoms with van der Waals surface area (Å²) in [5.41, 5.74) is 0. The van der Waals surface area contributed by atoms with Gasteiger partial charge in [-0.1, -0.05) is 35.4 Å². The highest BCUT2D eigenvalue weighted by molar-refractivity contribution is 6.53. The Hall–Kier alpha value is -0.290. The predicted octanol–water partition coefficient (Wildman–Crippen LogP) is 2.34. The third-order valence-electron chi connectivity index (χ3n) is 2.82. The molecule has 0 spiro atoms. The second kappa shape index (κ2) is 7.34. The maximum atomic E-state index is 11.8. The number of allylic oxidation sites excluding steroid dienone is 1. The number of carbonyl (C=O) groups excluding carboxylic acids is 1. The van der Waals surface area contributed by atoms with Crippen molar-refractivity contribution in [2.24, 2.45) is 0 Å². The lowest BCUT2D eigenvalue weighted by atomic mass is 10.3. The Morgan fingerprint density at radius 1 is 1.33 bits per heavy atom. The second-order valence-electron chi connectivity index (χ2n) is 4.22. The Labute approximate surface area is 118 Å². The second-order valence-corrected chi connectivity index (χ2v) is 5.32. The van der Waals surface area contributed by atoms with E-state index in [1.807, 2.05) is 32.9 Å². The predicted molar refractivity (Wildman–Crippen MR) is 71.8 cm³/mol. The van der Waals surface area contributed by atoms with Gasteiger partial charge in [0.25, 0.3) is 5.91 Å². The molecule has 2 atom stereocenters. The number of carbonyl (C=O) groups is 1. The Kier molecular flexibility index (Phi) is 6.43. The van der Waals surface area contributed by atoms with Crippen molar-refractivity contribution in [3.05, 3.63) is 12.2 Å². The number of ether oxygens (including phenoxy) is 2. The van der Waals surface area contributed by atoms with Gasteiger partial charge in [-0.25, -0.2) is 0 Å². The molecule has 0 radical (unpaired) electrons. The van der Waals surface area contributed by atoms with E-state index in [4.69, 9.17) is 32.7 Å². The van der Waals surface area contributed by atoms with Gasteiger partial charge in [-0.15, -0.1) is 0 Å². The summed E-state index contributed by atoms with van der Waals surface area (Å²) >= 11 is 11.2. The summed E-state index contributed by atoms with van der Waals surface area (Å²) in [6, 6.07) is 0. The standard InChI is InChI=1S/C12H19Cl2NO3/c1-4-5-6-15(12(16)11(13)14)7-10-17-8(2)9(3)18-10/h4-5,8-11H,6-7H2,1-3H3. The van der Waals surface area contributed by atoms with E-state index in [-0.39, 0.29) is 18.1 Å². The Balaban J connectivity index is 2.58. The van der Waals surface area contributed by atoms with Crippen molar-refractivity contribution in [2.45, 2.75) is 44.1 Å². The van der Waals surface area contributed by atoms with E-state index >= 15 is 0 Å². The van der Waals surface area contributed by atoms with Crippen LogP contribution in [0, 0.1) is 0 Å². The Morgan fingerprint density at radius 2 is 1.89 bits per heavy atom. The fraction of sp³-hybridized carbons (Fsp3) is 0.750. The van der Waals surface area contributed by atoms with E-state index in [1.54, 1.807) is 0 Å². The molecule has 0 bridgehead atoms. The zero-order valence-electron chi connectivity index (χ0n) is 10.8. The number of amides is 1. The molecule has 1 amide bonds. The molecule has 104 valence electrons. The van der Waals surface area contributed by atoms with Crippen molar-refractivity contribution in [2.75, 3.05) is 13.1 Å². The zero-order valence-corrected chi connectivity index (χ0v) is 12.3. The summed E-state index contributed by atoms with van der Waals surface area (Å²) in [6.07, 6.45) is 3.35. The molecule has 18 heavy (non-hydrogen) atoms. The van der Waals surface area contributed by atoms with Crippen LogP contribution in [0.2, 0.25) is 0 Å². The third kappa shape index (κ3) is 4.43. The van der Waals surface area contributed by atoms with Crippen LogP contribution < -0.4 is 0 Å². The fourth-order valence-corrected chi connectivity index (χ4v) is 1.90. The number of alkyl halides is 2. The van der Waals surface area contributed by atoms with Crippen LogP contribution in [0.3, 0.4) is 0 Å². The minimum absolute atomic E-state index is 0.0245. The van der Waals surface area contributed by atoms with Crippen LogP contribution in [0.25, 0.3) is 0 Å². The van der Waals surface area contributed by atoms with Crippen LogP contribution in [0.1, 0.15) is 20.8 Å². The molecule has 1 aliphatic rings. The molecule has 0 N–H and O–H groups in total. The lowest BCUT2D eigenvalue weighted by molar-refractivity contribution is -0.136.